The molecule has 0 bridgehead atoms. The molecule has 1 saturated heterocycles. The molecule has 5 nitrogen and oxygen atoms in total. The van der Waals surface area contributed by atoms with Crippen molar-refractivity contribution in [2.24, 2.45) is 11.1 Å². The van der Waals surface area contributed by atoms with E-state index >= 15 is 0 Å². The maximum absolute atomic E-state index is 11.4. The number of benzene rings is 1. The summed E-state index contributed by atoms with van der Waals surface area (Å²) in [5, 5.41) is 3.26. The fraction of sp³-hybridized carbons (Fsp3) is 0.500. The summed E-state index contributed by atoms with van der Waals surface area (Å²) in [6.07, 6.45) is 5.73. The summed E-state index contributed by atoms with van der Waals surface area (Å²) < 4.78 is 0. The molecule has 1 atom stereocenters. The molecule has 6 heteroatoms. The zero-order valence-electron chi connectivity index (χ0n) is 15.2. The van der Waals surface area contributed by atoms with E-state index in [4.69, 9.17) is 5.73 Å². The van der Waals surface area contributed by atoms with Gasteiger partial charge in [-0.05, 0) is 62.5 Å². The quantitative estimate of drug-likeness (QED) is 0.849. The van der Waals surface area contributed by atoms with Crippen molar-refractivity contribution >= 4 is 17.2 Å². The lowest BCUT2D eigenvalue weighted by molar-refractivity contribution is 0.1000. The molecule has 2 heterocycles. The normalized spacial score (nSPS) is 22.0. The molecule has 138 valence electrons. The zero-order valence-corrected chi connectivity index (χ0v) is 16.0. The van der Waals surface area contributed by atoms with Crippen LogP contribution in [0, 0.1) is 5.41 Å². The molecular formula is C20H26N4OS. The van der Waals surface area contributed by atoms with E-state index < -0.39 is 0 Å². The molecule has 2 aliphatic rings. The first-order chi connectivity index (χ1) is 12.6. The number of hydrogen-bond acceptors (Lipinski definition) is 5. The SMILES string of the molecule is CN(Cc1nccs1)[C@H]1CC12CCN(Cc1cccc(C(N)=O)c1)CC2. The topological polar surface area (TPSA) is 62.5 Å². The van der Waals surface area contributed by atoms with Gasteiger partial charge in [-0.1, -0.05) is 12.1 Å². The number of nitrogens with two attached hydrogens (primary N) is 1. The van der Waals surface area contributed by atoms with Crippen LogP contribution in [0.1, 0.15) is 40.2 Å². The third-order valence-corrected chi connectivity index (χ3v) is 6.78. The Morgan fingerprint density at radius 2 is 2.23 bits per heavy atom. The maximum atomic E-state index is 11.4. The predicted molar refractivity (Wildman–Crippen MR) is 104 cm³/mol. The summed E-state index contributed by atoms with van der Waals surface area (Å²) in [6, 6.07) is 8.41. The maximum Gasteiger partial charge on any atom is 0.248 e. The number of nitrogens with zero attached hydrogens (tertiary/aromatic N) is 3. The fourth-order valence-corrected chi connectivity index (χ4v) is 5.06. The van der Waals surface area contributed by atoms with Gasteiger partial charge in [0.1, 0.15) is 5.01 Å². The molecule has 1 aromatic carbocycles. The highest BCUT2D eigenvalue weighted by Crippen LogP contribution is 2.56. The number of carbonyl (C=O) groups excluding carboxylic acids is 1. The third-order valence-electron chi connectivity index (χ3n) is 6.02. The van der Waals surface area contributed by atoms with Crippen molar-refractivity contribution in [2.75, 3.05) is 20.1 Å². The van der Waals surface area contributed by atoms with Gasteiger partial charge in [-0.3, -0.25) is 14.6 Å². The first kappa shape index (κ1) is 17.6. The lowest BCUT2D eigenvalue weighted by atomic mass is 9.92. The first-order valence-electron chi connectivity index (χ1n) is 9.25. The molecule has 0 radical (unpaired) electrons. The van der Waals surface area contributed by atoms with Gasteiger partial charge in [-0.25, -0.2) is 4.98 Å². The monoisotopic (exact) mass is 370 g/mol. The van der Waals surface area contributed by atoms with Gasteiger partial charge in [0, 0.05) is 29.7 Å². The van der Waals surface area contributed by atoms with Gasteiger partial charge in [0.25, 0.3) is 0 Å². The number of rotatable bonds is 6. The molecule has 2 aromatic rings. The van der Waals surface area contributed by atoms with Gasteiger partial charge in [-0.2, -0.15) is 0 Å². The standard InChI is InChI=1S/C20H26N4OS/c1-23(14-18-22-7-10-26-18)17-12-20(17)5-8-24(9-6-20)13-15-3-2-4-16(11-15)19(21)25/h2-4,7,10-11,17H,5-6,8-9,12-14H2,1H3,(H2,21,25)/t17-/m0/s1. The van der Waals surface area contributed by atoms with Crippen LogP contribution in [0.5, 0.6) is 0 Å². The predicted octanol–water partition coefficient (Wildman–Crippen LogP) is 2.73. The van der Waals surface area contributed by atoms with Crippen LogP contribution in [0.15, 0.2) is 35.8 Å². The van der Waals surface area contributed by atoms with E-state index in [2.05, 4.69) is 33.3 Å². The second-order valence-corrected chi connectivity index (χ2v) is 8.74. The second kappa shape index (κ2) is 7.10. The van der Waals surface area contributed by atoms with Crippen molar-refractivity contribution in [2.45, 2.75) is 38.4 Å². The molecular weight excluding hydrogens is 344 g/mol. The van der Waals surface area contributed by atoms with E-state index in [1.54, 1.807) is 17.4 Å². The molecule has 26 heavy (non-hydrogen) atoms. The van der Waals surface area contributed by atoms with Crippen molar-refractivity contribution in [1.82, 2.24) is 14.8 Å². The first-order valence-corrected chi connectivity index (χ1v) is 10.1. The smallest absolute Gasteiger partial charge is 0.248 e. The molecule has 1 saturated carbocycles. The Hall–Kier alpha value is -1.76. The average Bonchev–Trinajstić information content (AvgIpc) is 3.08. The van der Waals surface area contributed by atoms with E-state index in [-0.39, 0.29) is 5.91 Å². The average molecular weight is 371 g/mol. The Bertz CT molecular complexity index is 768. The van der Waals surface area contributed by atoms with Gasteiger partial charge >= 0.3 is 0 Å². The number of primary amides is 1. The van der Waals surface area contributed by atoms with Gasteiger partial charge in [0.05, 0.1) is 6.54 Å². The molecule has 1 aromatic heterocycles. The lowest BCUT2D eigenvalue weighted by Gasteiger charge is -2.34. The number of likely N-dealkylation sites (tertiary alicyclic amines) is 1. The van der Waals surface area contributed by atoms with Gasteiger partial charge in [0.2, 0.25) is 5.91 Å². The Morgan fingerprint density at radius 1 is 1.42 bits per heavy atom. The molecule has 2 N–H and O–H groups in total. The molecule has 1 aliphatic heterocycles. The van der Waals surface area contributed by atoms with Crippen molar-refractivity contribution in [3.05, 3.63) is 52.0 Å². The van der Waals surface area contributed by atoms with E-state index in [1.807, 2.05) is 18.3 Å². The number of hydrogen-bond donors (Lipinski definition) is 1. The van der Waals surface area contributed by atoms with Crippen LogP contribution in [-0.4, -0.2) is 46.9 Å². The summed E-state index contributed by atoms with van der Waals surface area (Å²) in [5.74, 6) is -0.353. The van der Waals surface area contributed by atoms with Crippen molar-refractivity contribution in [3.8, 4) is 0 Å². The van der Waals surface area contributed by atoms with Crippen LogP contribution < -0.4 is 5.73 Å². The van der Waals surface area contributed by atoms with Crippen LogP contribution in [-0.2, 0) is 13.1 Å². The summed E-state index contributed by atoms with van der Waals surface area (Å²) in [7, 11) is 2.24. The van der Waals surface area contributed by atoms with Crippen LogP contribution in [0.4, 0.5) is 0 Å². The minimum atomic E-state index is -0.353. The van der Waals surface area contributed by atoms with Gasteiger partial charge in [0.15, 0.2) is 0 Å². The van der Waals surface area contributed by atoms with E-state index in [0.717, 1.165) is 26.2 Å². The van der Waals surface area contributed by atoms with E-state index in [9.17, 15) is 4.79 Å². The van der Waals surface area contributed by atoms with Crippen LogP contribution >= 0.6 is 11.3 Å². The number of thiazole rings is 1. The van der Waals surface area contributed by atoms with Crippen molar-refractivity contribution in [1.29, 1.82) is 0 Å². The molecule has 1 aliphatic carbocycles. The van der Waals surface area contributed by atoms with Gasteiger partial charge in [-0.15, -0.1) is 11.3 Å². The number of piperidine rings is 1. The number of aromatic nitrogens is 1. The Kier molecular flexibility index (Phi) is 4.82. The van der Waals surface area contributed by atoms with Crippen LogP contribution in [0.2, 0.25) is 0 Å². The number of carbonyl (C=O) groups is 1. The molecule has 0 unspecified atom stereocenters. The summed E-state index contributed by atoms with van der Waals surface area (Å²) >= 11 is 1.74. The minimum absolute atomic E-state index is 0.353. The Labute approximate surface area is 158 Å². The highest BCUT2D eigenvalue weighted by molar-refractivity contribution is 7.09. The van der Waals surface area contributed by atoms with Gasteiger partial charge < -0.3 is 5.73 Å². The summed E-state index contributed by atoms with van der Waals surface area (Å²) in [6.45, 7) is 4.12. The Balaban J connectivity index is 1.29. The van der Waals surface area contributed by atoms with E-state index in [0.29, 0.717) is 17.0 Å². The third kappa shape index (κ3) is 3.68. The minimum Gasteiger partial charge on any atom is -0.366 e. The highest BCUT2D eigenvalue weighted by Gasteiger charge is 2.56. The number of amides is 1. The molecule has 1 spiro atoms. The summed E-state index contributed by atoms with van der Waals surface area (Å²) in [4.78, 5) is 20.8. The Morgan fingerprint density at radius 3 is 2.92 bits per heavy atom. The molecule has 4 rings (SSSR count). The molecule has 1 amide bonds. The highest BCUT2D eigenvalue weighted by atomic mass is 32.1. The second-order valence-electron chi connectivity index (χ2n) is 7.76. The fourth-order valence-electron chi connectivity index (χ4n) is 4.38. The summed E-state index contributed by atoms with van der Waals surface area (Å²) in [5.41, 5.74) is 7.67. The van der Waals surface area contributed by atoms with E-state index in [1.165, 1.54) is 29.8 Å². The molecule has 2 fully saturated rings. The largest absolute Gasteiger partial charge is 0.366 e. The van der Waals surface area contributed by atoms with Crippen molar-refractivity contribution in [3.63, 3.8) is 0 Å². The lowest BCUT2D eigenvalue weighted by Crippen LogP contribution is -2.37. The zero-order chi connectivity index (χ0) is 18.1. The van der Waals surface area contributed by atoms with Crippen molar-refractivity contribution < 1.29 is 4.79 Å². The van der Waals surface area contributed by atoms with Crippen LogP contribution in [0.3, 0.4) is 0 Å². The van der Waals surface area contributed by atoms with Crippen LogP contribution in [0.25, 0.3) is 0 Å².